The van der Waals surface area contributed by atoms with Gasteiger partial charge in [-0.3, -0.25) is 9.59 Å². The minimum Gasteiger partial charge on any atom is -0.496 e. The zero-order valence-electron chi connectivity index (χ0n) is 12.1. The number of carboxylic acids is 1. The summed E-state index contributed by atoms with van der Waals surface area (Å²) < 4.78 is 5.15. The van der Waals surface area contributed by atoms with Crippen molar-refractivity contribution in [1.29, 1.82) is 0 Å². The van der Waals surface area contributed by atoms with Crippen LogP contribution in [0.15, 0.2) is 18.2 Å². The third-order valence-electron chi connectivity index (χ3n) is 3.10. The van der Waals surface area contributed by atoms with E-state index in [1.165, 1.54) is 7.11 Å². The van der Waals surface area contributed by atoms with Gasteiger partial charge in [0.25, 0.3) is 5.91 Å². The Morgan fingerprint density at radius 3 is 2.65 bits per heavy atom. The third-order valence-corrected chi connectivity index (χ3v) is 3.10. The number of nitrogens with one attached hydrogen (secondary N) is 1. The van der Waals surface area contributed by atoms with Crippen LogP contribution in [-0.4, -0.2) is 30.6 Å². The first-order chi connectivity index (χ1) is 9.49. The molecule has 1 aromatic carbocycles. The Bertz CT molecular complexity index is 485. The van der Waals surface area contributed by atoms with Crippen LogP contribution in [0, 0.1) is 12.8 Å². The highest BCUT2D eigenvalue weighted by Gasteiger charge is 2.19. The molecule has 0 fully saturated rings. The summed E-state index contributed by atoms with van der Waals surface area (Å²) in [6.07, 6.45) is 1.31. The number of ether oxygens (including phenoxy) is 1. The molecule has 0 aliphatic rings. The van der Waals surface area contributed by atoms with Gasteiger partial charge in [0.2, 0.25) is 0 Å². The molecule has 1 rings (SSSR count). The zero-order valence-corrected chi connectivity index (χ0v) is 12.1. The van der Waals surface area contributed by atoms with Crippen molar-refractivity contribution < 1.29 is 19.4 Å². The van der Waals surface area contributed by atoms with Crippen molar-refractivity contribution in [3.05, 3.63) is 29.3 Å². The molecule has 110 valence electrons. The monoisotopic (exact) mass is 279 g/mol. The van der Waals surface area contributed by atoms with Crippen LogP contribution in [-0.2, 0) is 4.79 Å². The molecule has 2 N–H and O–H groups in total. The average molecular weight is 279 g/mol. The molecular weight excluding hydrogens is 258 g/mol. The molecule has 1 amide bonds. The van der Waals surface area contributed by atoms with E-state index in [0.29, 0.717) is 17.7 Å². The molecule has 0 saturated carbocycles. The second kappa shape index (κ2) is 7.53. The average Bonchev–Trinajstić information content (AvgIpc) is 2.42. The van der Waals surface area contributed by atoms with E-state index in [9.17, 15) is 9.59 Å². The van der Waals surface area contributed by atoms with Crippen molar-refractivity contribution in [3.63, 3.8) is 0 Å². The lowest BCUT2D eigenvalue weighted by Gasteiger charge is -2.14. The van der Waals surface area contributed by atoms with Crippen molar-refractivity contribution in [2.24, 2.45) is 5.92 Å². The molecule has 5 nitrogen and oxygen atoms in total. The predicted molar refractivity (Wildman–Crippen MR) is 76.1 cm³/mol. The zero-order chi connectivity index (χ0) is 15.1. The van der Waals surface area contributed by atoms with Gasteiger partial charge in [-0.2, -0.15) is 0 Å². The van der Waals surface area contributed by atoms with Crippen LogP contribution in [0.3, 0.4) is 0 Å². The summed E-state index contributed by atoms with van der Waals surface area (Å²) in [5, 5.41) is 11.7. The first-order valence-electron chi connectivity index (χ1n) is 6.65. The van der Waals surface area contributed by atoms with Gasteiger partial charge >= 0.3 is 5.97 Å². The summed E-state index contributed by atoms with van der Waals surface area (Å²) in [6.45, 7) is 3.92. The van der Waals surface area contributed by atoms with Crippen molar-refractivity contribution >= 4 is 11.9 Å². The van der Waals surface area contributed by atoms with Gasteiger partial charge in [-0.25, -0.2) is 0 Å². The second-order valence-corrected chi connectivity index (χ2v) is 4.74. The molecular formula is C15H21NO4. The number of methoxy groups -OCH3 is 1. The summed E-state index contributed by atoms with van der Waals surface area (Å²) in [7, 11) is 1.50. The van der Waals surface area contributed by atoms with E-state index in [1.54, 1.807) is 12.1 Å². The Hall–Kier alpha value is -2.04. The standard InChI is InChI=1S/C15H21NO4/c1-4-5-11(15(18)19)9-16-14(17)12-8-10(2)6-7-13(12)20-3/h6-8,11H,4-5,9H2,1-3H3,(H,16,17)(H,18,19). The highest BCUT2D eigenvalue weighted by atomic mass is 16.5. The van der Waals surface area contributed by atoms with Crippen LogP contribution in [0.25, 0.3) is 0 Å². The molecule has 0 saturated heterocycles. The van der Waals surface area contributed by atoms with Crippen LogP contribution in [0.4, 0.5) is 0 Å². The first-order valence-corrected chi connectivity index (χ1v) is 6.65. The van der Waals surface area contributed by atoms with Gasteiger partial charge in [0.05, 0.1) is 18.6 Å². The number of hydrogen-bond acceptors (Lipinski definition) is 3. The number of aryl methyl sites for hydroxylation is 1. The minimum absolute atomic E-state index is 0.124. The maximum absolute atomic E-state index is 12.1. The number of carboxylic acid groups (broad SMARTS) is 1. The molecule has 0 aliphatic heterocycles. The van der Waals surface area contributed by atoms with Gasteiger partial charge in [0, 0.05) is 6.54 Å². The van der Waals surface area contributed by atoms with Crippen molar-refractivity contribution in [1.82, 2.24) is 5.32 Å². The van der Waals surface area contributed by atoms with E-state index in [0.717, 1.165) is 12.0 Å². The fourth-order valence-corrected chi connectivity index (χ4v) is 1.97. The van der Waals surface area contributed by atoms with Crippen molar-refractivity contribution in [2.45, 2.75) is 26.7 Å². The lowest BCUT2D eigenvalue weighted by Crippen LogP contribution is -2.33. The van der Waals surface area contributed by atoms with Crippen molar-refractivity contribution in [3.8, 4) is 5.75 Å². The summed E-state index contributed by atoms with van der Waals surface area (Å²) in [5.41, 5.74) is 1.37. The molecule has 5 heteroatoms. The molecule has 0 heterocycles. The van der Waals surface area contributed by atoms with Gasteiger partial charge < -0.3 is 15.2 Å². The van der Waals surface area contributed by atoms with Crippen LogP contribution in [0.1, 0.15) is 35.7 Å². The normalized spacial score (nSPS) is 11.8. The predicted octanol–water partition coefficient (Wildman–Crippen LogP) is 2.23. The number of hydrogen-bond donors (Lipinski definition) is 2. The molecule has 0 radical (unpaired) electrons. The van der Waals surface area contributed by atoms with Crippen LogP contribution in [0.2, 0.25) is 0 Å². The van der Waals surface area contributed by atoms with Crippen LogP contribution >= 0.6 is 0 Å². The largest absolute Gasteiger partial charge is 0.496 e. The van der Waals surface area contributed by atoms with E-state index in [4.69, 9.17) is 9.84 Å². The fraction of sp³-hybridized carbons (Fsp3) is 0.467. The Labute approximate surface area is 118 Å². The molecule has 0 aliphatic carbocycles. The fourth-order valence-electron chi connectivity index (χ4n) is 1.97. The Morgan fingerprint density at radius 2 is 2.10 bits per heavy atom. The van der Waals surface area contributed by atoms with Crippen molar-refractivity contribution in [2.75, 3.05) is 13.7 Å². The molecule has 1 aromatic rings. The lowest BCUT2D eigenvalue weighted by atomic mass is 10.0. The maximum atomic E-state index is 12.1. The summed E-state index contributed by atoms with van der Waals surface area (Å²) >= 11 is 0. The van der Waals surface area contributed by atoms with Crippen LogP contribution in [0.5, 0.6) is 5.75 Å². The smallest absolute Gasteiger partial charge is 0.308 e. The van der Waals surface area contributed by atoms with E-state index in [-0.39, 0.29) is 12.5 Å². The molecule has 0 aromatic heterocycles. The minimum atomic E-state index is -0.886. The Morgan fingerprint density at radius 1 is 1.40 bits per heavy atom. The highest BCUT2D eigenvalue weighted by molar-refractivity contribution is 5.97. The van der Waals surface area contributed by atoms with E-state index in [2.05, 4.69) is 5.32 Å². The van der Waals surface area contributed by atoms with Gasteiger partial charge in [0.1, 0.15) is 5.75 Å². The second-order valence-electron chi connectivity index (χ2n) is 4.74. The molecule has 1 atom stereocenters. The number of rotatable bonds is 7. The van der Waals surface area contributed by atoms with E-state index < -0.39 is 11.9 Å². The van der Waals surface area contributed by atoms with E-state index in [1.807, 2.05) is 19.9 Å². The quantitative estimate of drug-likeness (QED) is 0.802. The first kappa shape index (κ1) is 16.0. The Kier molecular flexibility index (Phi) is 6.03. The molecule has 0 spiro atoms. The summed E-state index contributed by atoms with van der Waals surface area (Å²) in [6, 6.07) is 5.31. The SMILES string of the molecule is CCCC(CNC(=O)c1cc(C)ccc1OC)C(=O)O. The van der Waals surface area contributed by atoms with Gasteiger partial charge in [-0.15, -0.1) is 0 Å². The highest BCUT2D eigenvalue weighted by Crippen LogP contribution is 2.19. The van der Waals surface area contributed by atoms with Crippen LogP contribution < -0.4 is 10.1 Å². The Balaban J connectivity index is 2.76. The molecule has 20 heavy (non-hydrogen) atoms. The number of carbonyl (C=O) groups excluding carboxylic acids is 1. The third kappa shape index (κ3) is 4.26. The lowest BCUT2D eigenvalue weighted by molar-refractivity contribution is -0.141. The number of carbonyl (C=O) groups is 2. The number of aliphatic carboxylic acids is 1. The maximum Gasteiger partial charge on any atom is 0.308 e. The van der Waals surface area contributed by atoms with Gasteiger partial charge in [-0.1, -0.05) is 25.0 Å². The van der Waals surface area contributed by atoms with Gasteiger partial charge in [-0.05, 0) is 25.5 Å². The topological polar surface area (TPSA) is 75.6 Å². The number of amides is 1. The summed E-state index contributed by atoms with van der Waals surface area (Å²) in [5.74, 6) is -1.27. The van der Waals surface area contributed by atoms with Gasteiger partial charge in [0.15, 0.2) is 0 Å². The molecule has 1 unspecified atom stereocenters. The molecule has 0 bridgehead atoms. The number of benzene rings is 1. The van der Waals surface area contributed by atoms with E-state index >= 15 is 0 Å². The summed E-state index contributed by atoms with van der Waals surface area (Å²) in [4.78, 5) is 23.2.